The summed E-state index contributed by atoms with van der Waals surface area (Å²) in [6.45, 7) is 3.59. The fourth-order valence-corrected chi connectivity index (χ4v) is 4.08. The van der Waals surface area contributed by atoms with E-state index in [9.17, 15) is 14.9 Å². The number of rotatable bonds is 5. The average molecular weight is 331 g/mol. The molecule has 1 amide bonds. The van der Waals surface area contributed by atoms with Crippen LogP contribution in [0.5, 0.6) is 0 Å². The average Bonchev–Trinajstić information content (AvgIpc) is 2.86. The van der Waals surface area contributed by atoms with Gasteiger partial charge in [-0.15, -0.1) is 0 Å². The highest BCUT2D eigenvalue weighted by molar-refractivity contribution is 5.76. The molecule has 2 heterocycles. The molecule has 3 rings (SSSR count). The number of benzene rings is 1. The zero-order chi connectivity index (χ0) is 17.3. The lowest BCUT2D eigenvalue weighted by molar-refractivity contribution is -0.385. The number of nitro benzene ring substituents is 1. The number of amides is 1. The van der Waals surface area contributed by atoms with E-state index in [0.717, 1.165) is 18.4 Å². The van der Waals surface area contributed by atoms with Gasteiger partial charge in [0.05, 0.1) is 11.0 Å². The minimum Gasteiger partial charge on any atom is -0.350 e. The molecule has 130 valence electrons. The fraction of sp³-hybridized carbons (Fsp3) is 0.611. The zero-order valence-electron chi connectivity index (χ0n) is 14.2. The van der Waals surface area contributed by atoms with Gasteiger partial charge in [-0.25, -0.2) is 0 Å². The van der Waals surface area contributed by atoms with Crippen LogP contribution in [0.25, 0.3) is 0 Å². The highest BCUT2D eigenvalue weighted by Crippen LogP contribution is 2.32. The predicted octanol–water partition coefficient (Wildman–Crippen LogP) is 3.00. The number of carbonyl (C=O) groups excluding carboxylic acids is 1. The normalized spacial score (nSPS) is 26.8. The van der Waals surface area contributed by atoms with Gasteiger partial charge in [0.2, 0.25) is 5.91 Å². The van der Waals surface area contributed by atoms with Crippen molar-refractivity contribution in [3.63, 3.8) is 0 Å². The maximum atomic E-state index is 12.3. The van der Waals surface area contributed by atoms with Crippen LogP contribution >= 0.6 is 0 Å². The number of carbonyl (C=O) groups is 1. The van der Waals surface area contributed by atoms with Crippen LogP contribution < -0.4 is 10.6 Å². The van der Waals surface area contributed by atoms with Crippen LogP contribution in [-0.4, -0.2) is 22.9 Å². The number of nitro groups is 1. The molecule has 2 fully saturated rings. The monoisotopic (exact) mass is 331 g/mol. The SMILES string of the molecule is Cc1ccc(C(C)NC(=O)CC2CC3CCC(C2)N3)cc1[N+](=O)[O-]. The third-order valence-corrected chi connectivity index (χ3v) is 5.35. The Labute approximate surface area is 142 Å². The first-order chi connectivity index (χ1) is 11.4. The van der Waals surface area contributed by atoms with E-state index in [4.69, 9.17) is 0 Å². The maximum absolute atomic E-state index is 12.3. The molecule has 3 atom stereocenters. The molecule has 2 bridgehead atoms. The van der Waals surface area contributed by atoms with Gasteiger partial charge >= 0.3 is 0 Å². The van der Waals surface area contributed by atoms with Crippen molar-refractivity contribution in [2.75, 3.05) is 0 Å². The van der Waals surface area contributed by atoms with Gasteiger partial charge in [0.1, 0.15) is 0 Å². The van der Waals surface area contributed by atoms with E-state index < -0.39 is 0 Å². The molecule has 0 saturated carbocycles. The van der Waals surface area contributed by atoms with E-state index in [1.807, 2.05) is 13.0 Å². The summed E-state index contributed by atoms with van der Waals surface area (Å²) in [6.07, 6.45) is 5.16. The van der Waals surface area contributed by atoms with Crippen molar-refractivity contribution in [3.05, 3.63) is 39.4 Å². The Bertz CT molecular complexity index is 634. The van der Waals surface area contributed by atoms with E-state index >= 15 is 0 Å². The first kappa shape index (κ1) is 16.9. The van der Waals surface area contributed by atoms with Crippen molar-refractivity contribution < 1.29 is 9.72 Å². The molecule has 2 aliphatic rings. The largest absolute Gasteiger partial charge is 0.350 e. The minimum absolute atomic E-state index is 0.0389. The van der Waals surface area contributed by atoms with Crippen LogP contribution in [0.1, 0.15) is 56.2 Å². The summed E-state index contributed by atoms with van der Waals surface area (Å²) in [6, 6.07) is 6.08. The zero-order valence-corrected chi connectivity index (χ0v) is 14.2. The second kappa shape index (κ2) is 6.89. The van der Waals surface area contributed by atoms with Crippen LogP contribution in [0.4, 0.5) is 5.69 Å². The van der Waals surface area contributed by atoms with Crippen molar-refractivity contribution in [2.45, 2.75) is 64.1 Å². The number of nitrogens with zero attached hydrogens (tertiary/aromatic N) is 1. The van der Waals surface area contributed by atoms with Crippen molar-refractivity contribution in [3.8, 4) is 0 Å². The van der Waals surface area contributed by atoms with E-state index in [2.05, 4.69) is 10.6 Å². The lowest BCUT2D eigenvalue weighted by Gasteiger charge is -2.29. The Kier molecular flexibility index (Phi) is 4.85. The van der Waals surface area contributed by atoms with E-state index in [-0.39, 0.29) is 22.6 Å². The second-order valence-corrected chi connectivity index (χ2v) is 7.27. The summed E-state index contributed by atoms with van der Waals surface area (Å²) < 4.78 is 0. The van der Waals surface area contributed by atoms with Crippen LogP contribution in [-0.2, 0) is 4.79 Å². The standard InChI is InChI=1S/C18H25N3O3/c1-11-3-4-14(10-17(11)21(23)24)12(2)19-18(22)9-13-7-15-5-6-16(8-13)20-15/h3-4,10,12-13,15-16,20H,5-9H2,1-2H3,(H,19,22). The summed E-state index contributed by atoms with van der Waals surface area (Å²) in [5.41, 5.74) is 1.50. The number of piperidine rings is 1. The third-order valence-electron chi connectivity index (χ3n) is 5.35. The number of fused-ring (bicyclic) bond motifs is 2. The second-order valence-electron chi connectivity index (χ2n) is 7.27. The van der Waals surface area contributed by atoms with E-state index in [0.29, 0.717) is 30.0 Å². The number of nitrogens with one attached hydrogen (secondary N) is 2. The predicted molar refractivity (Wildman–Crippen MR) is 91.7 cm³/mol. The van der Waals surface area contributed by atoms with Gasteiger partial charge < -0.3 is 10.6 Å². The number of hydrogen-bond acceptors (Lipinski definition) is 4. The summed E-state index contributed by atoms with van der Waals surface area (Å²) in [5.74, 6) is 0.486. The molecule has 0 spiro atoms. The van der Waals surface area contributed by atoms with Gasteiger partial charge in [0.15, 0.2) is 0 Å². The van der Waals surface area contributed by atoms with Crippen molar-refractivity contribution in [1.82, 2.24) is 10.6 Å². The molecule has 6 nitrogen and oxygen atoms in total. The van der Waals surface area contributed by atoms with Crippen LogP contribution in [0.15, 0.2) is 18.2 Å². The van der Waals surface area contributed by atoms with E-state index in [1.54, 1.807) is 19.1 Å². The van der Waals surface area contributed by atoms with Gasteiger partial charge in [0.25, 0.3) is 5.69 Å². The molecule has 0 aromatic heterocycles. The van der Waals surface area contributed by atoms with Gasteiger partial charge in [-0.3, -0.25) is 14.9 Å². The molecule has 2 saturated heterocycles. The highest BCUT2D eigenvalue weighted by atomic mass is 16.6. The Morgan fingerprint density at radius 3 is 2.67 bits per heavy atom. The Hall–Kier alpha value is -1.95. The molecule has 6 heteroatoms. The van der Waals surface area contributed by atoms with Crippen LogP contribution in [0, 0.1) is 23.0 Å². The summed E-state index contributed by atoms with van der Waals surface area (Å²) in [4.78, 5) is 23.0. The quantitative estimate of drug-likeness (QED) is 0.642. The molecule has 1 aromatic rings. The van der Waals surface area contributed by atoms with Crippen molar-refractivity contribution in [1.29, 1.82) is 0 Å². The topological polar surface area (TPSA) is 84.3 Å². The Morgan fingerprint density at radius 1 is 1.38 bits per heavy atom. The Morgan fingerprint density at radius 2 is 2.04 bits per heavy atom. The van der Waals surface area contributed by atoms with Gasteiger partial charge in [-0.2, -0.15) is 0 Å². The van der Waals surface area contributed by atoms with Gasteiger partial charge in [-0.05, 0) is 51.0 Å². The molecule has 2 N–H and O–H groups in total. The first-order valence-corrected chi connectivity index (χ1v) is 8.72. The molecule has 2 aliphatic heterocycles. The van der Waals surface area contributed by atoms with Gasteiger partial charge in [-0.1, -0.05) is 12.1 Å². The highest BCUT2D eigenvalue weighted by Gasteiger charge is 2.34. The lowest BCUT2D eigenvalue weighted by atomic mass is 9.89. The molecular weight excluding hydrogens is 306 g/mol. The fourth-order valence-electron chi connectivity index (χ4n) is 4.08. The van der Waals surface area contributed by atoms with Crippen LogP contribution in [0.3, 0.4) is 0 Å². The van der Waals surface area contributed by atoms with Crippen LogP contribution in [0.2, 0.25) is 0 Å². The maximum Gasteiger partial charge on any atom is 0.272 e. The summed E-state index contributed by atoms with van der Waals surface area (Å²) >= 11 is 0. The summed E-state index contributed by atoms with van der Waals surface area (Å²) in [7, 11) is 0. The molecule has 0 radical (unpaired) electrons. The first-order valence-electron chi connectivity index (χ1n) is 8.72. The van der Waals surface area contributed by atoms with E-state index in [1.165, 1.54) is 12.8 Å². The van der Waals surface area contributed by atoms with Gasteiger partial charge in [0, 0.05) is 30.1 Å². The molecule has 1 aromatic carbocycles. The van der Waals surface area contributed by atoms with Crippen molar-refractivity contribution in [2.24, 2.45) is 5.92 Å². The summed E-state index contributed by atoms with van der Waals surface area (Å²) in [5, 5.41) is 17.6. The Balaban J connectivity index is 1.58. The molecule has 0 aliphatic carbocycles. The lowest BCUT2D eigenvalue weighted by Crippen LogP contribution is -2.40. The minimum atomic E-state index is -0.377. The van der Waals surface area contributed by atoms with Crippen molar-refractivity contribution >= 4 is 11.6 Å². The number of hydrogen-bond donors (Lipinski definition) is 2. The third kappa shape index (κ3) is 3.75. The molecule has 3 unspecified atom stereocenters. The molecular formula is C18H25N3O3. The smallest absolute Gasteiger partial charge is 0.272 e. The molecule has 24 heavy (non-hydrogen) atoms. The number of aryl methyl sites for hydroxylation is 1.